The number of aromatic nitrogens is 2. The summed E-state index contributed by atoms with van der Waals surface area (Å²) in [6, 6.07) is 0. The van der Waals surface area contributed by atoms with Crippen molar-refractivity contribution in [3.8, 4) is 0 Å². The molecule has 1 N–H and O–H groups in total. The molecule has 0 aliphatic rings. The molecule has 0 saturated heterocycles. The summed E-state index contributed by atoms with van der Waals surface area (Å²) in [5.74, 6) is -0.00995. The number of rotatable bonds is 1. The number of hydrogen-bond donors (Lipinski definition) is 1. The molecule has 1 aromatic rings. The van der Waals surface area contributed by atoms with Gasteiger partial charge in [-0.3, -0.25) is 14.2 Å². The van der Waals surface area contributed by atoms with Crippen LogP contribution in [0.1, 0.15) is 18.6 Å². The minimum atomic E-state index is -0.224. The molecule has 0 aliphatic heterocycles. The van der Waals surface area contributed by atoms with Crippen LogP contribution in [-0.2, 0) is 4.79 Å². The molecule has 1 amide bonds. The molecule has 5 nitrogen and oxygen atoms in total. The Balaban J connectivity index is 2.91. The van der Waals surface area contributed by atoms with Gasteiger partial charge in [-0.2, -0.15) is 0 Å². The van der Waals surface area contributed by atoms with Crippen molar-refractivity contribution in [1.82, 2.24) is 9.55 Å². The summed E-state index contributed by atoms with van der Waals surface area (Å²) < 4.78 is 1.27. The minimum absolute atomic E-state index is 0.184. The Morgan fingerprint density at radius 2 is 2.17 bits per heavy atom. The van der Waals surface area contributed by atoms with Gasteiger partial charge >= 0.3 is 0 Å². The highest BCUT2D eigenvalue weighted by molar-refractivity contribution is 5.90. The van der Waals surface area contributed by atoms with E-state index in [0.29, 0.717) is 5.82 Å². The van der Waals surface area contributed by atoms with Crippen molar-refractivity contribution < 1.29 is 9.59 Å². The zero-order valence-electron chi connectivity index (χ0n) is 6.87. The highest BCUT2D eigenvalue weighted by Crippen LogP contribution is 2.04. The Morgan fingerprint density at radius 3 is 2.67 bits per heavy atom. The van der Waals surface area contributed by atoms with Gasteiger partial charge in [-0.05, 0) is 0 Å². The molecule has 1 rings (SSSR count). The van der Waals surface area contributed by atoms with Crippen molar-refractivity contribution >= 4 is 17.6 Å². The van der Waals surface area contributed by atoms with E-state index in [0.717, 1.165) is 0 Å². The predicted octanol–water partition coefficient (Wildman–Crippen LogP) is 0.502. The van der Waals surface area contributed by atoms with Crippen molar-refractivity contribution in [2.24, 2.45) is 0 Å². The molecule has 64 valence electrons. The van der Waals surface area contributed by atoms with E-state index in [-0.39, 0.29) is 11.8 Å². The lowest BCUT2D eigenvalue weighted by molar-refractivity contribution is -0.114. The van der Waals surface area contributed by atoms with Crippen LogP contribution < -0.4 is 5.32 Å². The van der Waals surface area contributed by atoms with Gasteiger partial charge in [-0.15, -0.1) is 0 Å². The van der Waals surface area contributed by atoms with Crippen LogP contribution in [0.2, 0.25) is 0 Å². The SMILES string of the molecule is CC(=O)Nc1cncn1C(C)=O. The van der Waals surface area contributed by atoms with Crippen LogP contribution in [0.3, 0.4) is 0 Å². The largest absolute Gasteiger partial charge is 0.311 e. The third-order valence-electron chi connectivity index (χ3n) is 1.28. The Hall–Kier alpha value is -1.65. The lowest BCUT2D eigenvalue weighted by Crippen LogP contribution is -2.13. The van der Waals surface area contributed by atoms with E-state index in [9.17, 15) is 9.59 Å². The standard InChI is InChI=1S/C7H9N3O2/c1-5(11)9-7-3-8-4-10(7)6(2)12/h3-4H,1-2H3,(H,9,11). The molecule has 0 atom stereocenters. The molecule has 0 spiro atoms. The second-order valence-electron chi connectivity index (χ2n) is 2.35. The average Bonchev–Trinajstić information content (AvgIpc) is 2.33. The summed E-state index contributed by atoms with van der Waals surface area (Å²) in [6.45, 7) is 2.77. The molecule has 1 heterocycles. The number of imidazole rings is 1. The van der Waals surface area contributed by atoms with E-state index in [2.05, 4.69) is 10.3 Å². The van der Waals surface area contributed by atoms with Crippen LogP contribution >= 0.6 is 0 Å². The summed E-state index contributed by atoms with van der Waals surface area (Å²) in [5, 5.41) is 2.48. The van der Waals surface area contributed by atoms with Crippen molar-refractivity contribution in [2.75, 3.05) is 5.32 Å². The molecular weight excluding hydrogens is 158 g/mol. The third kappa shape index (κ3) is 1.69. The van der Waals surface area contributed by atoms with Crippen LogP contribution in [-0.4, -0.2) is 21.4 Å². The molecule has 5 heteroatoms. The molecule has 0 bridgehead atoms. The highest BCUT2D eigenvalue weighted by atomic mass is 16.2. The second kappa shape index (κ2) is 3.17. The van der Waals surface area contributed by atoms with Gasteiger partial charge in [0.05, 0.1) is 6.20 Å². The van der Waals surface area contributed by atoms with E-state index in [4.69, 9.17) is 0 Å². The quantitative estimate of drug-likeness (QED) is 0.662. The van der Waals surface area contributed by atoms with Crippen LogP contribution in [0.25, 0.3) is 0 Å². The molecular formula is C7H9N3O2. The predicted molar refractivity (Wildman–Crippen MR) is 42.8 cm³/mol. The third-order valence-corrected chi connectivity index (χ3v) is 1.28. The average molecular weight is 167 g/mol. The first kappa shape index (κ1) is 8.45. The van der Waals surface area contributed by atoms with Crippen molar-refractivity contribution in [1.29, 1.82) is 0 Å². The molecule has 0 fully saturated rings. The Morgan fingerprint density at radius 1 is 1.50 bits per heavy atom. The number of nitrogens with one attached hydrogen (secondary N) is 1. The maximum atomic E-state index is 10.9. The van der Waals surface area contributed by atoms with Gasteiger partial charge in [0.1, 0.15) is 12.1 Å². The zero-order valence-corrected chi connectivity index (χ0v) is 6.87. The van der Waals surface area contributed by atoms with E-state index < -0.39 is 0 Å². The second-order valence-corrected chi connectivity index (χ2v) is 2.35. The number of amides is 1. The molecule has 12 heavy (non-hydrogen) atoms. The van der Waals surface area contributed by atoms with Crippen LogP contribution in [0.15, 0.2) is 12.5 Å². The van der Waals surface area contributed by atoms with Crippen LogP contribution in [0.5, 0.6) is 0 Å². The lowest BCUT2D eigenvalue weighted by Gasteiger charge is -2.02. The van der Waals surface area contributed by atoms with E-state index in [1.807, 2.05) is 0 Å². The van der Waals surface area contributed by atoms with Gasteiger partial charge in [0.15, 0.2) is 0 Å². The fourth-order valence-corrected chi connectivity index (χ4v) is 0.819. The lowest BCUT2D eigenvalue weighted by atomic mass is 10.6. The first-order valence-electron chi connectivity index (χ1n) is 3.42. The summed E-state index contributed by atoms with van der Waals surface area (Å²) >= 11 is 0. The molecule has 0 aliphatic carbocycles. The smallest absolute Gasteiger partial charge is 0.230 e. The van der Waals surface area contributed by atoms with Crippen LogP contribution in [0, 0.1) is 0 Å². The molecule has 0 saturated carbocycles. The maximum absolute atomic E-state index is 10.9. The van der Waals surface area contributed by atoms with Crippen molar-refractivity contribution in [3.63, 3.8) is 0 Å². The fourth-order valence-electron chi connectivity index (χ4n) is 0.819. The number of anilines is 1. The summed E-state index contributed by atoms with van der Waals surface area (Å²) in [5.41, 5.74) is 0. The number of carbonyl (C=O) groups is 2. The maximum Gasteiger partial charge on any atom is 0.230 e. The Labute approximate surface area is 69.4 Å². The summed E-state index contributed by atoms with van der Waals surface area (Å²) in [6.07, 6.45) is 2.77. The van der Waals surface area contributed by atoms with Gasteiger partial charge in [0.2, 0.25) is 11.8 Å². The monoisotopic (exact) mass is 167 g/mol. The number of nitrogens with zero attached hydrogens (tertiary/aromatic N) is 2. The van der Waals surface area contributed by atoms with Crippen LogP contribution in [0.4, 0.5) is 5.82 Å². The first-order valence-corrected chi connectivity index (χ1v) is 3.42. The van der Waals surface area contributed by atoms with E-state index in [1.54, 1.807) is 0 Å². The number of carbonyl (C=O) groups excluding carboxylic acids is 2. The van der Waals surface area contributed by atoms with Gasteiger partial charge in [-0.1, -0.05) is 0 Å². The first-order chi connectivity index (χ1) is 5.61. The Bertz CT molecular complexity index is 316. The molecule has 0 unspecified atom stereocenters. The molecule has 0 radical (unpaired) electrons. The van der Waals surface area contributed by atoms with Gasteiger partial charge in [0.25, 0.3) is 0 Å². The normalized spacial score (nSPS) is 9.50. The Kier molecular flexibility index (Phi) is 2.23. The zero-order chi connectivity index (χ0) is 9.14. The van der Waals surface area contributed by atoms with Gasteiger partial charge in [-0.25, -0.2) is 4.98 Å². The molecule has 1 aromatic heterocycles. The topological polar surface area (TPSA) is 64.0 Å². The summed E-state index contributed by atoms with van der Waals surface area (Å²) in [7, 11) is 0. The van der Waals surface area contributed by atoms with Crippen molar-refractivity contribution in [2.45, 2.75) is 13.8 Å². The minimum Gasteiger partial charge on any atom is -0.311 e. The van der Waals surface area contributed by atoms with Gasteiger partial charge in [0, 0.05) is 13.8 Å². The van der Waals surface area contributed by atoms with E-state index >= 15 is 0 Å². The highest BCUT2D eigenvalue weighted by Gasteiger charge is 2.05. The van der Waals surface area contributed by atoms with Gasteiger partial charge < -0.3 is 5.32 Å². The van der Waals surface area contributed by atoms with E-state index in [1.165, 1.54) is 30.9 Å². The van der Waals surface area contributed by atoms with Crippen molar-refractivity contribution in [3.05, 3.63) is 12.5 Å². The fraction of sp³-hybridized carbons (Fsp3) is 0.286. The number of hydrogen-bond acceptors (Lipinski definition) is 3. The molecule has 0 aromatic carbocycles. The summed E-state index contributed by atoms with van der Waals surface area (Å²) in [4.78, 5) is 25.2.